The number of nitrogens with one attached hydrogen (secondary N) is 1. The Kier molecular flexibility index (Phi) is 5.69. The second kappa shape index (κ2) is 7.06. The highest BCUT2D eigenvalue weighted by Gasteiger charge is 2.18. The van der Waals surface area contributed by atoms with Crippen LogP contribution >= 0.6 is 0 Å². The molecule has 0 aliphatic carbocycles. The molecule has 0 saturated heterocycles. The van der Waals surface area contributed by atoms with Crippen molar-refractivity contribution in [2.75, 3.05) is 11.9 Å². The third-order valence-corrected chi connectivity index (χ3v) is 2.52. The number of rotatable bonds is 4. The fourth-order valence-corrected chi connectivity index (χ4v) is 1.68. The molecule has 1 aromatic rings. The molecule has 1 heterocycles. The van der Waals surface area contributed by atoms with Crippen LogP contribution in [-0.2, 0) is 27.7 Å². The van der Waals surface area contributed by atoms with Gasteiger partial charge in [-0.15, -0.1) is 0 Å². The van der Waals surface area contributed by atoms with Crippen LogP contribution in [0.4, 0.5) is 10.5 Å². The summed E-state index contributed by atoms with van der Waals surface area (Å²) in [6.45, 7) is 7.53. The number of anilines is 1. The zero-order valence-electron chi connectivity index (χ0n) is 13.2. The van der Waals surface area contributed by atoms with Crippen LogP contribution in [-0.4, -0.2) is 24.3 Å². The highest BCUT2D eigenvalue weighted by Crippen LogP contribution is 2.11. The quantitative estimate of drug-likeness (QED) is 0.681. The van der Waals surface area contributed by atoms with E-state index in [-0.39, 0.29) is 12.4 Å². The summed E-state index contributed by atoms with van der Waals surface area (Å²) in [4.78, 5) is 23.1. The van der Waals surface area contributed by atoms with Gasteiger partial charge < -0.3 is 9.47 Å². The number of carbonyl (C=O) groups excluding carboxylic acids is 2. The van der Waals surface area contributed by atoms with Crippen molar-refractivity contribution in [3.63, 3.8) is 0 Å². The highest BCUT2D eigenvalue weighted by molar-refractivity contribution is 5.84. The molecule has 0 spiro atoms. The molecule has 0 bridgehead atoms. The van der Waals surface area contributed by atoms with Crippen LogP contribution in [0, 0.1) is 0 Å². The molecule has 116 valence electrons. The van der Waals surface area contributed by atoms with Crippen molar-refractivity contribution in [2.24, 2.45) is 7.05 Å². The Bertz CT molecular complexity index is 521. The van der Waals surface area contributed by atoms with Crippen molar-refractivity contribution in [1.29, 1.82) is 0 Å². The molecule has 0 unspecified atom stereocenters. The van der Waals surface area contributed by atoms with Gasteiger partial charge in [0.1, 0.15) is 24.8 Å². The summed E-state index contributed by atoms with van der Waals surface area (Å²) >= 11 is 0. The van der Waals surface area contributed by atoms with Gasteiger partial charge >= 0.3 is 12.1 Å². The van der Waals surface area contributed by atoms with Crippen LogP contribution in [0.5, 0.6) is 0 Å². The molecule has 0 atom stereocenters. The topological polar surface area (TPSA) is 68.5 Å². The van der Waals surface area contributed by atoms with Crippen LogP contribution in [0.25, 0.3) is 0 Å². The van der Waals surface area contributed by atoms with E-state index in [2.05, 4.69) is 5.32 Å². The molecule has 0 aliphatic heterocycles. The summed E-state index contributed by atoms with van der Waals surface area (Å²) in [6, 6.07) is 3.49. The molecule has 0 aromatic carbocycles. The number of ether oxygens (including phenoxy) is 2. The van der Waals surface area contributed by atoms with E-state index < -0.39 is 11.7 Å². The first-order valence-corrected chi connectivity index (χ1v) is 6.85. The lowest BCUT2D eigenvalue weighted by Gasteiger charge is -2.19. The molecular formula is C15H23N2O4+. The number of aromatic nitrogens is 1. The molecular weight excluding hydrogens is 272 g/mol. The number of carbonyl (C=O) groups is 2. The highest BCUT2D eigenvalue weighted by atomic mass is 16.6. The standard InChI is InChI=1S/C15H22N2O4/c1-6-20-13(18)9-12-8-7-11(10-17(12)5)16-14(19)21-15(2,3)4/h7-8,10H,6,9H2,1-5H3/p+1. The molecule has 1 N–H and O–H groups in total. The molecule has 6 heteroatoms. The Hall–Kier alpha value is -2.11. The number of hydrogen-bond acceptors (Lipinski definition) is 4. The number of esters is 1. The van der Waals surface area contributed by atoms with Gasteiger partial charge in [0.25, 0.3) is 0 Å². The van der Waals surface area contributed by atoms with Crippen LogP contribution in [0.3, 0.4) is 0 Å². The van der Waals surface area contributed by atoms with Crippen LogP contribution in [0.1, 0.15) is 33.4 Å². The van der Waals surface area contributed by atoms with E-state index in [1.54, 1.807) is 57.6 Å². The summed E-state index contributed by atoms with van der Waals surface area (Å²) < 4.78 is 11.9. The molecule has 0 radical (unpaired) electrons. The van der Waals surface area contributed by atoms with E-state index in [1.807, 2.05) is 0 Å². The number of amides is 1. The Morgan fingerprint density at radius 2 is 1.95 bits per heavy atom. The van der Waals surface area contributed by atoms with Gasteiger partial charge in [-0.25, -0.2) is 9.36 Å². The van der Waals surface area contributed by atoms with Crippen molar-refractivity contribution in [3.05, 3.63) is 24.0 Å². The van der Waals surface area contributed by atoms with Gasteiger partial charge in [0.05, 0.1) is 6.61 Å². The first kappa shape index (κ1) is 16.9. The van der Waals surface area contributed by atoms with Gasteiger partial charge in [-0.1, -0.05) is 0 Å². The third kappa shape index (κ3) is 6.25. The third-order valence-electron chi connectivity index (χ3n) is 2.52. The minimum absolute atomic E-state index is 0.192. The van der Waals surface area contributed by atoms with Gasteiger partial charge in [0.15, 0.2) is 11.9 Å². The molecule has 1 amide bonds. The largest absolute Gasteiger partial charge is 0.466 e. The number of nitrogens with zero attached hydrogens (tertiary/aromatic N) is 1. The van der Waals surface area contributed by atoms with Gasteiger partial charge in [-0.2, -0.15) is 0 Å². The van der Waals surface area contributed by atoms with Crippen molar-refractivity contribution >= 4 is 17.7 Å². The lowest BCUT2D eigenvalue weighted by molar-refractivity contribution is -0.677. The van der Waals surface area contributed by atoms with E-state index in [4.69, 9.17) is 9.47 Å². The van der Waals surface area contributed by atoms with E-state index in [0.29, 0.717) is 12.3 Å². The van der Waals surface area contributed by atoms with E-state index >= 15 is 0 Å². The van der Waals surface area contributed by atoms with Crippen LogP contribution in [0.15, 0.2) is 18.3 Å². The number of hydrogen-bond donors (Lipinski definition) is 1. The fourth-order valence-electron chi connectivity index (χ4n) is 1.68. The zero-order valence-corrected chi connectivity index (χ0v) is 13.2. The van der Waals surface area contributed by atoms with Gasteiger partial charge in [-0.05, 0) is 33.8 Å². The Morgan fingerprint density at radius 1 is 1.29 bits per heavy atom. The lowest BCUT2D eigenvalue weighted by atomic mass is 10.2. The monoisotopic (exact) mass is 295 g/mol. The van der Waals surface area contributed by atoms with Crippen molar-refractivity contribution < 1.29 is 23.6 Å². The van der Waals surface area contributed by atoms with Gasteiger partial charge in [0.2, 0.25) is 0 Å². The summed E-state index contributed by atoms with van der Waals surface area (Å²) in [6.07, 6.45) is 1.40. The average molecular weight is 295 g/mol. The molecule has 0 fully saturated rings. The van der Waals surface area contributed by atoms with Crippen molar-refractivity contribution in [2.45, 2.75) is 39.7 Å². The van der Waals surface area contributed by atoms with Gasteiger partial charge in [0, 0.05) is 6.07 Å². The molecule has 1 aromatic heterocycles. The summed E-state index contributed by atoms with van der Waals surface area (Å²) in [5.74, 6) is -0.277. The first-order valence-electron chi connectivity index (χ1n) is 6.85. The van der Waals surface area contributed by atoms with Crippen molar-refractivity contribution in [3.8, 4) is 0 Å². The summed E-state index contributed by atoms with van der Waals surface area (Å²) in [7, 11) is 1.80. The van der Waals surface area contributed by atoms with Gasteiger partial charge in [-0.3, -0.25) is 10.1 Å². The SMILES string of the molecule is CCOC(=O)Cc1ccc(NC(=O)OC(C)(C)C)c[n+]1C. The van der Waals surface area contributed by atoms with E-state index in [9.17, 15) is 9.59 Å². The second-order valence-corrected chi connectivity index (χ2v) is 5.63. The molecule has 6 nitrogen and oxygen atoms in total. The molecule has 0 aliphatic rings. The molecule has 21 heavy (non-hydrogen) atoms. The van der Waals surface area contributed by atoms with E-state index in [1.165, 1.54) is 0 Å². The maximum Gasteiger partial charge on any atom is 0.412 e. The fraction of sp³-hybridized carbons (Fsp3) is 0.533. The average Bonchev–Trinajstić information content (AvgIpc) is 2.30. The molecule has 1 rings (SSSR count). The zero-order chi connectivity index (χ0) is 16.0. The maximum absolute atomic E-state index is 11.7. The smallest absolute Gasteiger partial charge is 0.412 e. The van der Waals surface area contributed by atoms with Crippen LogP contribution < -0.4 is 9.88 Å². The maximum atomic E-state index is 11.7. The normalized spacial score (nSPS) is 10.9. The number of pyridine rings is 1. The lowest BCUT2D eigenvalue weighted by Crippen LogP contribution is -2.36. The summed E-state index contributed by atoms with van der Waals surface area (Å²) in [5, 5.41) is 2.65. The second-order valence-electron chi connectivity index (χ2n) is 5.63. The Morgan fingerprint density at radius 3 is 2.48 bits per heavy atom. The van der Waals surface area contributed by atoms with E-state index in [0.717, 1.165) is 5.69 Å². The van der Waals surface area contributed by atoms with Crippen molar-refractivity contribution in [1.82, 2.24) is 0 Å². The predicted molar refractivity (Wildman–Crippen MR) is 77.8 cm³/mol. The minimum atomic E-state index is -0.546. The first-order chi connectivity index (χ1) is 9.71. The molecule has 0 saturated carbocycles. The Balaban J connectivity index is 2.70. The van der Waals surface area contributed by atoms with Crippen LogP contribution in [0.2, 0.25) is 0 Å². The predicted octanol–water partition coefficient (Wildman–Crippen LogP) is 1.96. The Labute approximate surface area is 125 Å². The minimum Gasteiger partial charge on any atom is -0.466 e. The summed E-state index contributed by atoms with van der Waals surface area (Å²) in [5.41, 5.74) is 0.846. The number of aryl methyl sites for hydroxylation is 1.